The second-order valence-electron chi connectivity index (χ2n) is 8.59. The fraction of sp³-hybridized carbons (Fsp3) is 0.207. The highest BCUT2D eigenvalue weighted by Crippen LogP contribution is 2.33. The van der Waals surface area contributed by atoms with Crippen LogP contribution in [0.25, 0.3) is 16.8 Å². The van der Waals surface area contributed by atoms with Crippen LogP contribution in [-0.2, 0) is 16.1 Å². The van der Waals surface area contributed by atoms with Gasteiger partial charge in [-0.3, -0.25) is 9.59 Å². The Bertz CT molecular complexity index is 1300. The van der Waals surface area contributed by atoms with E-state index in [0.29, 0.717) is 25.2 Å². The molecule has 0 saturated heterocycles. The van der Waals surface area contributed by atoms with E-state index in [-0.39, 0.29) is 18.2 Å². The molecule has 0 spiro atoms. The number of hydrogen-bond donors (Lipinski definition) is 2. The molecule has 0 atom stereocenters. The first-order valence-corrected chi connectivity index (χ1v) is 11.8. The molecule has 0 aliphatic heterocycles. The Balaban J connectivity index is 1.45. The van der Waals surface area contributed by atoms with E-state index in [1.165, 1.54) is 0 Å². The van der Waals surface area contributed by atoms with Crippen LogP contribution in [0.3, 0.4) is 0 Å². The normalized spacial score (nSPS) is 10.7. The number of aryl methyl sites for hydroxylation is 2. The minimum absolute atomic E-state index is 0.0627. The molecule has 178 valence electrons. The number of amides is 2. The van der Waals surface area contributed by atoms with Crippen molar-refractivity contribution in [2.45, 2.75) is 39.7 Å². The molecular formula is C29H30N4O2. The molecule has 6 nitrogen and oxygen atoms in total. The number of rotatable bonds is 9. The monoisotopic (exact) mass is 466 g/mol. The third kappa shape index (κ3) is 6.23. The van der Waals surface area contributed by atoms with E-state index in [4.69, 9.17) is 5.10 Å². The van der Waals surface area contributed by atoms with Crippen molar-refractivity contribution in [2.24, 2.45) is 0 Å². The third-order valence-electron chi connectivity index (χ3n) is 5.77. The Morgan fingerprint density at radius 2 is 1.51 bits per heavy atom. The summed E-state index contributed by atoms with van der Waals surface area (Å²) in [4.78, 5) is 25.1. The largest absolute Gasteiger partial charge is 0.352 e. The highest BCUT2D eigenvalue weighted by molar-refractivity contribution is 5.95. The van der Waals surface area contributed by atoms with Crippen LogP contribution in [0, 0.1) is 13.8 Å². The molecular weight excluding hydrogens is 436 g/mol. The van der Waals surface area contributed by atoms with Crippen LogP contribution in [0.15, 0.2) is 84.9 Å². The van der Waals surface area contributed by atoms with E-state index < -0.39 is 0 Å². The highest BCUT2D eigenvalue weighted by atomic mass is 16.2. The van der Waals surface area contributed by atoms with E-state index >= 15 is 0 Å². The van der Waals surface area contributed by atoms with Gasteiger partial charge in [-0.1, -0.05) is 72.8 Å². The summed E-state index contributed by atoms with van der Waals surface area (Å²) in [5, 5.41) is 10.7. The van der Waals surface area contributed by atoms with Gasteiger partial charge in [0.2, 0.25) is 11.8 Å². The molecule has 0 aliphatic rings. The van der Waals surface area contributed by atoms with E-state index in [1.54, 1.807) is 4.68 Å². The maximum Gasteiger partial charge on any atom is 0.225 e. The topological polar surface area (TPSA) is 76.0 Å². The summed E-state index contributed by atoms with van der Waals surface area (Å²) in [5.41, 5.74) is 5.74. The molecule has 0 fully saturated rings. The second kappa shape index (κ2) is 11.3. The molecule has 2 N–H and O–H groups in total. The Morgan fingerprint density at radius 1 is 0.829 bits per heavy atom. The molecule has 0 radical (unpaired) electrons. The van der Waals surface area contributed by atoms with Crippen LogP contribution >= 0.6 is 0 Å². The van der Waals surface area contributed by atoms with Crippen molar-refractivity contribution in [3.05, 3.63) is 102 Å². The van der Waals surface area contributed by atoms with Crippen molar-refractivity contribution < 1.29 is 9.59 Å². The number of hydrogen-bond acceptors (Lipinski definition) is 3. The highest BCUT2D eigenvalue weighted by Gasteiger charge is 2.20. The summed E-state index contributed by atoms with van der Waals surface area (Å²) < 4.78 is 1.79. The molecule has 2 amide bonds. The number of aromatic nitrogens is 2. The first kappa shape index (κ1) is 24.0. The fourth-order valence-corrected chi connectivity index (χ4v) is 4.03. The molecule has 1 heterocycles. The predicted octanol–water partition coefficient (Wildman–Crippen LogP) is 5.58. The van der Waals surface area contributed by atoms with Gasteiger partial charge in [0.25, 0.3) is 0 Å². The number of benzene rings is 3. The molecule has 3 aromatic carbocycles. The van der Waals surface area contributed by atoms with Crippen molar-refractivity contribution in [3.8, 4) is 16.8 Å². The number of carbonyl (C=O) groups excluding carboxylic acids is 2. The van der Waals surface area contributed by atoms with E-state index in [0.717, 1.165) is 33.6 Å². The average Bonchev–Trinajstić information content (AvgIpc) is 3.19. The van der Waals surface area contributed by atoms with Gasteiger partial charge in [0.1, 0.15) is 5.82 Å². The number of anilines is 1. The van der Waals surface area contributed by atoms with Crippen molar-refractivity contribution in [1.82, 2.24) is 15.1 Å². The van der Waals surface area contributed by atoms with Crippen molar-refractivity contribution in [3.63, 3.8) is 0 Å². The Kier molecular flexibility index (Phi) is 7.73. The van der Waals surface area contributed by atoms with E-state index in [9.17, 15) is 9.59 Å². The van der Waals surface area contributed by atoms with Gasteiger partial charge in [-0.15, -0.1) is 0 Å². The maximum absolute atomic E-state index is 12.9. The maximum atomic E-state index is 12.9. The van der Waals surface area contributed by atoms with E-state index in [2.05, 4.69) is 10.6 Å². The van der Waals surface area contributed by atoms with Crippen LogP contribution in [0.5, 0.6) is 0 Å². The lowest BCUT2D eigenvalue weighted by Gasteiger charge is -2.12. The van der Waals surface area contributed by atoms with Crippen LogP contribution in [0.1, 0.15) is 36.1 Å². The Hall–Kier alpha value is -4.19. The standard InChI is InChI=1S/C29H30N4O2/c1-21-11-9-16-25(19-21)33-29(28(22(2)32-33)24-14-7-4-8-15-24)31-27(35)18-10-17-26(34)30-20-23-12-5-3-6-13-23/h3-9,11-16,19H,10,17-18,20H2,1-2H3,(H,30,34)(H,31,35). The van der Waals surface area contributed by atoms with Gasteiger partial charge >= 0.3 is 0 Å². The van der Waals surface area contributed by atoms with Crippen LogP contribution in [0.4, 0.5) is 5.82 Å². The van der Waals surface area contributed by atoms with Crippen LogP contribution < -0.4 is 10.6 Å². The minimum Gasteiger partial charge on any atom is -0.352 e. The van der Waals surface area contributed by atoms with Crippen molar-refractivity contribution in [2.75, 3.05) is 5.32 Å². The minimum atomic E-state index is -0.146. The van der Waals surface area contributed by atoms with Gasteiger partial charge in [-0.2, -0.15) is 5.10 Å². The quantitative estimate of drug-likeness (QED) is 0.338. The summed E-state index contributed by atoms with van der Waals surface area (Å²) in [7, 11) is 0. The van der Waals surface area contributed by atoms with Gasteiger partial charge in [0, 0.05) is 24.9 Å². The molecule has 35 heavy (non-hydrogen) atoms. The number of nitrogens with zero attached hydrogens (tertiary/aromatic N) is 2. The molecule has 0 unspecified atom stereocenters. The summed E-state index contributed by atoms with van der Waals surface area (Å²) in [5.74, 6) is 0.428. The predicted molar refractivity (Wildman–Crippen MR) is 139 cm³/mol. The first-order chi connectivity index (χ1) is 17.0. The Morgan fingerprint density at radius 3 is 2.23 bits per heavy atom. The summed E-state index contributed by atoms with van der Waals surface area (Å²) in [6.45, 7) is 4.46. The lowest BCUT2D eigenvalue weighted by atomic mass is 10.1. The van der Waals surface area contributed by atoms with Crippen molar-refractivity contribution in [1.29, 1.82) is 0 Å². The summed E-state index contributed by atoms with van der Waals surface area (Å²) in [6, 6.07) is 27.7. The zero-order valence-electron chi connectivity index (χ0n) is 20.1. The van der Waals surface area contributed by atoms with Gasteiger partial charge < -0.3 is 10.6 Å². The Labute approximate surface area is 206 Å². The SMILES string of the molecule is Cc1cccc(-n2nc(C)c(-c3ccccc3)c2NC(=O)CCCC(=O)NCc2ccccc2)c1. The van der Waals surface area contributed by atoms with Crippen LogP contribution in [-0.4, -0.2) is 21.6 Å². The van der Waals surface area contributed by atoms with Gasteiger partial charge in [0.15, 0.2) is 0 Å². The zero-order valence-corrected chi connectivity index (χ0v) is 20.1. The lowest BCUT2D eigenvalue weighted by molar-refractivity contribution is -0.121. The summed E-state index contributed by atoms with van der Waals surface area (Å²) >= 11 is 0. The van der Waals surface area contributed by atoms with Gasteiger partial charge in [-0.25, -0.2) is 4.68 Å². The molecule has 0 bridgehead atoms. The van der Waals surface area contributed by atoms with Crippen molar-refractivity contribution >= 4 is 17.6 Å². The molecule has 1 aromatic heterocycles. The first-order valence-electron chi connectivity index (χ1n) is 11.8. The second-order valence-corrected chi connectivity index (χ2v) is 8.59. The van der Waals surface area contributed by atoms with Crippen LogP contribution in [0.2, 0.25) is 0 Å². The average molecular weight is 467 g/mol. The lowest BCUT2D eigenvalue weighted by Crippen LogP contribution is -2.23. The van der Waals surface area contributed by atoms with Gasteiger partial charge in [-0.05, 0) is 49.1 Å². The van der Waals surface area contributed by atoms with Gasteiger partial charge in [0.05, 0.1) is 11.4 Å². The number of carbonyl (C=O) groups is 2. The molecule has 4 aromatic rings. The fourth-order valence-electron chi connectivity index (χ4n) is 4.03. The molecule has 0 saturated carbocycles. The molecule has 4 rings (SSSR count). The summed E-state index contributed by atoms with van der Waals surface area (Å²) in [6.07, 6.45) is 0.998. The molecule has 6 heteroatoms. The third-order valence-corrected chi connectivity index (χ3v) is 5.77. The van der Waals surface area contributed by atoms with E-state index in [1.807, 2.05) is 98.8 Å². The smallest absolute Gasteiger partial charge is 0.225 e. The number of nitrogens with one attached hydrogen (secondary N) is 2. The zero-order chi connectivity index (χ0) is 24.6. The molecule has 0 aliphatic carbocycles.